The van der Waals surface area contributed by atoms with Crippen LogP contribution in [0.2, 0.25) is 0 Å². The van der Waals surface area contributed by atoms with Crippen LogP contribution in [-0.4, -0.2) is 29.7 Å². The summed E-state index contributed by atoms with van der Waals surface area (Å²) in [6, 6.07) is 0. The van der Waals surface area contributed by atoms with E-state index in [9.17, 15) is 4.79 Å². The van der Waals surface area contributed by atoms with E-state index in [4.69, 9.17) is 4.74 Å². The molecule has 0 aliphatic heterocycles. The Balaban J connectivity index is 3.10. The average Bonchev–Trinajstić information content (AvgIpc) is 2.78. The van der Waals surface area contributed by atoms with Crippen LogP contribution in [0.1, 0.15) is 150 Å². The standard InChI is InChI=1S/C28H57NO2S3/c1-5-6-7-8-9-10-13-16-19-22-25-32-34-33-26-23-20-17-14-11-12-15-18-21-24-29-27(30)31-28(2,3)4/h5-26H2,1-4H3,(H,29,30). The highest BCUT2D eigenvalue weighted by Gasteiger charge is 2.15. The van der Waals surface area contributed by atoms with Crippen LogP contribution >= 0.6 is 31.4 Å². The predicted molar refractivity (Wildman–Crippen MR) is 160 cm³/mol. The molecule has 0 unspecified atom stereocenters. The lowest BCUT2D eigenvalue weighted by Crippen LogP contribution is -2.32. The van der Waals surface area contributed by atoms with Crippen molar-refractivity contribution in [3.63, 3.8) is 0 Å². The normalized spacial score (nSPS) is 11.6. The van der Waals surface area contributed by atoms with Crippen molar-refractivity contribution in [1.82, 2.24) is 5.32 Å². The predicted octanol–water partition coefficient (Wildman–Crippen LogP) is 11.0. The van der Waals surface area contributed by atoms with Crippen LogP contribution in [0.4, 0.5) is 4.79 Å². The lowest BCUT2D eigenvalue weighted by Gasteiger charge is -2.19. The molecule has 0 saturated carbocycles. The fourth-order valence-electron chi connectivity index (χ4n) is 3.78. The molecule has 0 radical (unpaired) electrons. The van der Waals surface area contributed by atoms with Crippen molar-refractivity contribution >= 4 is 37.5 Å². The second-order valence-corrected chi connectivity index (χ2v) is 15.0. The fourth-order valence-corrected chi connectivity index (χ4v) is 7.78. The number of carbonyl (C=O) groups excluding carboxylic acids is 1. The third-order valence-electron chi connectivity index (χ3n) is 5.75. The summed E-state index contributed by atoms with van der Waals surface area (Å²) >= 11 is 0. The van der Waals surface area contributed by atoms with Crippen LogP contribution in [0, 0.1) is 0 Å². The molecule has 1 amide bonds. The minimum Gasteiger partial charge on any atom is -0.444 e. The maximum Gasteiger partial charge on any atom is 0.407 e. The number of alkyl carbamates (subject to hydrolysis) is 1. The van der Waals surface area contributed by atoms with Gasteiger partial charge in [-0.3, -0.25) is 0 Å². The number of amides is 1. The van der Waals surface area contributed by atoms with Crippen LogP contribution in [0.5, 0.6) is 0 Å². The molecule has 0 spiro atoms. The van der Waals surface area contributed by atoms with Crippen molar-refractivity contribution in [2.45, 2.75) is 155 Å². The zero-order chi connectivity index (χ0) is 25.2. The Hall–Kier alpha value is 0.320. The summed E-state index contributed by atoms with van der Waals surface area (Å²) in [6.07, 6.45) is 25.7. The summed E-state index contributed by atoms with van der Waals surface area (Å²) in [5.41, 5.74) is -0.410. The molecular weight excluding hydrogens is 479 g/mol. The number of nitrogens with one attached hydrogen (secondary N) is 1. The summed E-state index contributed by atoms with van der Waals surface area (Å²) in [6.45, 7) is 8.69. The van der Waals surface area contributed by atoms with E-state index >= 15 is 0 Å². The van der Waals surface area contributed by atoms with Crippen LogP contribution < -0.4 is 5.32 Å². The largest absolute Gasteiger partial charge is 0.444 e. The second-order valence-electron chi connectivity index (χ2n) is 10.5. The van der Waals surface area contributed by atoms with Gasteiger partial charge in [0, 0.05) is 18.1 Å². The first kappa shape index (κ1) is 34.3. The van der Waals surface area contributed by atoms with Crippen molar-refractivity contribution in [2.24, 2.45) is 0 Å². The highest BCUT2D eigenvalue weighted by atomic mass is 33.5. The zero-order valence-corrected chi connectivity index (χ0v) is 25.5. The lowest BCUT2D eigenvalue weighted by atomic mass is 10.1. The minimum absolute atomic E-state index is 0.295. The second kappa shape index (κ2) is 26.4. The molecule has 0 aliphatic rings. The number of carbonyl (C=O) groups is 1. The topological polar surface area (TPSA) is 38.3 Å². The Labute approximate surface area is 225 Å². The van der Waals surface area contributed by atoms with E-state index in [-0.39, 0.29) is 6.09 Å². The molecule has 0 aromatic rings. The van der Waals surface area contributed by atoms with Gasteiger partial charge in [0.05, 0.1) is 0 Å². The van der Waals surface area contributed by atoms with Gasteiger partial charge in [0.2, 0.25) is 0 Å². The molecule has 34 heavy (non-hydrogen) atoms. The summed E-state index contributed by atoms with van der Waals surface area (Å²) in [5.74, 6) is 2.63. The number of unbranched alkanes of at least 4 members (excludes halogenated alkanes) is 17. The molecule has 0 atom stereocenters. The molecule has 0 aromatic carbocycles. The third-order valence-corrected chi connectivity index (χ3v) is 10.2. The molecule has 0 rings (SSSR count). The summed E-state index contributed by atoms with van der Waals surface area (Å²) < 4.78 is 5.24. The summed E-state index contributed by atoms with van der Waals surface area (Å²) in [7, 11) is 6.14. The maximum atomic E-state index is 11.6. The first-order chi connectivity index (χ1) is 16.5. The Morgan fingerprint density at radius 3 is 1.41 bits per heavy atom. The van der Waals surface area contributed by atoms with Crippen LogP contribution in [0.15, 0.2) is 0 Å². The van der Waals surface area contributed by atoms with E-state index in [1.54, 1.807) is 0 Å². The average molecular weight is 536 g/mol. The van der Waals surface area contributed by atoms with Crippen molar-refractivity contribution in [2.75, 3.05) is 18.1 Å². The molecule has 0 aliphatic carbocycles. The van der Waals surface area contributed by atoms with Gasteiger partial charge in [-0.05, 0) is 49.9 Å². The third kappa shape index (κ3) is 30.4. The van der Waals surface area contributed by atoms with E-state index in [1.165, 1.54) is 127 Å². The molecule has 0 saturated heterocycles. The summed E-state index contributed by atoms with van der Waals surface area (Å²) in [4.78, 5) is 11.6. The highest BCUT2D eigenvalue weighted by Crippen LogP contribution is 2.35. The molecule has 0 fully saturated rings. The van der Waals surface area contributed by atoms with Gasteiger partial charge < -0.3 is 10.1 Å². The van der Waals surface area contributed by atoms with E-state index in [1.807, 2.05) is 30.6 Å². The van der Waals surface area contributed by atoms with Gasteiger partial charge in [0.1, 0.15) is 5.60 Å². The van der Waals surface area contributed by atoms with Gasteiger partial charge in [0.25, 0.3) is 0 Å². The van der Waals surface area contributed by atoms with Crippen molar-refractivity contribution < 1.29 is 9.53 Å². The first-order valence-corrected chi connectivity index (χ1v) is 18.2. The summed E-state index contributed by atoms with van der Waals surface area (Å²) in [5, 5.41) is 2.84. The Morgan fingerprint density at radius 1 is 0.618 bits per heavy atom. The van der Waals surface area contributed by atoms with E-state index in [2.05, 4.69) is 33.8 Å². The molecule has 204 valence electrons. The molecule has 6 heteroatoms. The fraction of sp³-hybridized carbons (Fsp3) is 0.964. The van der Waals surface area contributed by atoms with Gasteiger partial charge in [-0.1, -0.05) is 131 Å². The van der Waals surface area contributed by atoms with E-state index in [0.717, 1.165) is 13.0 Å². The van der Waals surface area contributed by atoms with Crippen LogP contribution in [-0.2, 0) is 4.74 Å². The molecular formula is C28H57NO2S3. The maximum absolute atomic E-state index is 11.6. The van der Waals surface area contributed by atoms with Gasteiger partial charge in [-0.25, -0.2) is 4.79 Å². The number of rotatable bonds is 25. The Kier molecular flexibility index (Phi) is 26.6. The minimum atomic E-state index is -0.410. The van der Waals surface area contributed by atoms with E-state index in [0.29, 0.717) is 0 Å². The monoisotopic (exact) mass is 535 g/mol. The zero-order valence-electron chi connectivity index (χ0n) is 23.1. The number of hydrogen-bond acceptors (Lipinski definition) is 5. The highest BCUT2D eigenvalue weighted by molar-refractivity contribution is 9.09. The van der Waals surface area contributed by atoms with Crippen LogP contribution in [0.25, 0.3) is 0 Å². The van der Waals surface area contributed by atoms with Crippen LogP contribution in [0.3, 0.4) is 0 Å². The van der Waals surface area contributed by atoms with Gasteiger partial charge in [-0.2, -0.15) is 0 Å². The first-order valence-electron chi connectivity index (χ1n) is 14.3. The molecule has 0 aromatic heterocycles. The SMILES string of the molecule is CCCCCCCCCCCCSSSCCCCCCCCCCCNC(=O)OC(C)(C)C. The van der Waals surface area contributed by atoms with Gasteiger partial charge in [0.15, 0.2) is 0 Å². The lowest BCUT2D eigenvalue weighted by molar-refractivity contribution is 0.0527. The molecule has 3 nitrogen and oxygen atoms in total. The van der Waals surface area contributed by atoms with Crippen molar-refractivity contribution in [3.05, 3.63) is 0 Å². The van der Waals surface area contributed by atoms with E-state index < -0.39 is 5.60 Å². The number of hydrogen-bond donors (Lipinski definition) is 1. The smallest absolute Gasteiger partial charge is 0.407 e. The Morgan fingerprint density at radius 2 is 1.00 bits per heavy atom. The molecule has 0 bridgehead atoms. The quantitative estimate of drug-likeness (QED) is 0.0929. The van der Waals surface area contributed by atoms with Gasteiger partial charge >= 0.3 is 6.09 Å². The van der Waals surface area contributed by atoms with Gasteiger partial charge in [-0.15, -0.1) is 0 Å². The molecule has 1 N–H and O–H groups in total. The van der Waals surface area contributed by atoms with Crippen molar-refractivity contribution in [3.8, 4) is 0 Å². The van der Waals surface area contributed by atoms with Crippen molar-refractivity contribution in [1.29, 1.82) is 0 Å². The number of ether oxygens (including phenoxy) is 1. The molecule has 0 heterocycles. The Bertz CT molecular complexity index is 430.